The molecule has 0 unspecified atom stereocenters. The van der Waals surface area contributed by atoms with Crippen molar-refractivity contribution in [3.05, 3.63) is 23.8 Å². The molecule has 2 N–H and O–H groups in total. The first-order valence-electron chi connectivity index (χ1n) is 6.96. The summed E-state index contributed by atoms with van der Waals surface area (Å²) in [4.78, 5) is 13.8. The number of anilines is 1. The van der Waals surface area contributed by atoms with Gasteiger partial charge in [0.15, 0.2) is 0 Å². The molecule has 0 saturated carbocycles. The minimum Gasteiger partial charge on any atom is -0.490 e. The number of esters is 1. The van der Waals surface area contributed by atoms with Crippen LogP contribution < -0.4 is 15.4 Å². The summed E-state index contributed by atoms with van der Waals surface area (Å²) >= 11 is 0. The van der Waals surface area contributed by atoms with Crippen LogP contribution in [0.1, 0.15) is 19.4 Å². The highest BCUT2D eigenvalue weighted by atomic mass is 16.5. The zero-order valence-electron chi connectivity index (χ0n) is 12.1. The van der Waals surface area contributed by atoms with Gasteiger partial charge in [0.1, 0.15) is 18.9 Å². The molecule has 5 nitrogen and oxygen atoms in total. The van der Waals surface area contributed by atoms with Gasteiger partial charge in [0.25, 0.3) is 0 Å². The number of nitrogens with two attached hydrogens (primary N) is 1. The Morgan fingerprint density at radius 2 is 2.30 bits per heavy atom. The van der Waals surface area contributed by atoms with Crippen molar-refractivity contribution >= 4 is 11.7 Å². The first kappa shape index (κ1) is 14.7. The Morgan fingerprint density at radius 3 is 3.00 bits per heavy atom. The van der Waals surface area contributed by atoms with Crippen LogP contribution in [0.15, 0.2) is 18.2 Å². The van der Waals surface area contributed by atoms with Crippen LogP contribution in [0.4, 0.5) is 5.69 Å². The van der Waals surface area contributed by atoms with E-state index in [0.717, 1.165) is 17.0 Å². The van der Waals surface area contributed by atoms with E-state index in [1.807, 2.05) is 36.9 Å². The van der Waals surface area contributed by atoms with Crippen molar-refractivity contribution in [1.29, 1.82) is 0 Å². The summed E-state index contributed by atoms with van der Waals surface area (Å²) in [6.45, 7) is 6.49. The lowest BCUT2D eigenvalue weighted by Crippen LogP contribution is -2.37. The molecule has 0 amide bonds. The van der Waals surface area contributed by atoms with E-state index in [1.165, 1.54) is 0 Å². The van der Waals surface area contributed by atoms with Gasteiger partial charge in [-0.05, 0) is 23.6 Å². The van der Waals surface area contributed by atoms with Gasteiger partial charge < -0.3 is 20.1 Å². The van der Waals surface area contributed by atoms with Crippen molar-refractivity contribution in [2.75, 3.05) is 31.2 Å². The quantitative estimate of drug-likeness (QED) is 0.828. The molecule has 0 radical (unpaired) electrons. The van der Waals surface area contributed by atoms with Gasteiger partial charge >= 0.3 is 5.97 Å². The molecule has 1 aliphatic rings. The molecule has 0 fully saturated rings. The third kappa shape index (κ3) is 3.63. The Hall–Kier alpha value is -1.75. The molecule has 0 aromatic heterocycles. The first-order chi connectivity index (χ1) is 9.60. The van der Waals surface area contributed by atoms with E-state index in [4.69, 9.17) is 15.2 Å². The average molecular weight is 278 g/mol. The van der Waals surface area contributed by atoms with E-state index in [-0.39, 0.29) is 12.5 Å². The number of carbonyl (C=O) groups excluding carboxylic acids is 1. The monoisotopic (exact) mass is 278 g/mol. The highest BCUT2D eigenvalue weighted by Crippen LogP contribution is 2.32. The number of rotatable bonds is 5. The lowest BCUT2D eigenvalue weighted by molar-refractivity contribution is -0.143. The summed E-state index contributed by atoms with van der Waals surface area (Å²) < 4.78 is 10.9. The SMILES string of the molecule is CC(C)COC(=O)CN1CCOc2cc(CN)ccc21. The fourth-order valence-electron chi connectivity index (χ4n) is 2.07. The average Bonchev–Trinajstić information content (AvgIpc) is 2.45. The number of ether oxygens (including phenoxy) is 2. The van der Waals surface area contributed by atoms with Gasteiger partial charge in [0, 0.05) is 6.54 Å². The van der Waals surface area contributed by atoms with E-state index < -0.39 is 0 Å². The lowest BCUT2D eigenvalue weighted by Gasteiger charge is -2.30. The standard InChI is InChI=1S/C15H22N2O3/c1-11(2)10-20-15(18)9-17-5-6-19-14-7-12(8-16)3-4-13(14)17/h3-4,7,11H,5-6,8-10,16H2,1-2H3. The van der Waals surface area contributed by atoms with E-state index in [1.54, 1.807) is 0 Å². The Labute approximate surface area is 119 Å². The van der Waals surface area contributed by atoms with Gasteiger partial charge in [-0.2, -0.15) is 0 Å². The molecule has 0 saturated heterocycles. The maximum Gasteiger partial charge on any atom is 0.325 e. The van der Waals surface area contributed by atoms with Crippen molar-refractivity contribution in [2.45, 2.75) is 20.4 Å². The summed E-state index contributed by atoms with van der Waals surface area (Å²) in [5.41, 5.74) is 7.57. The van der Waals surface area contributed by atoms with Crippen molar-refractivity contribution in [2.24, 2.45) is 11.7 Å². The predicted molar refractivity (Wildman–Crippen MR) is 77.8 cm³/mol. The highest BCUT2D eigenvalue weighted by molar-refractivity contribution is 5.77. The second kappa shape index (κ2) is 6.61. The Balaban J connectivity index is 2.03. The third-order valence-corrected chi connectivity index (χ3v) is 3.12. The van der Waals surface area contributed by atoms with Crippen molar-refractivity contribution in [3.63, 3.8) is 0 Å². The zero-order chi connectivity index (χ0) is 14.5. The number of hydrogen-bond acceptors (Lipinski definition) is 5. The Kier molecular flexibility index (Phi) is 4.84. The zero-order valence-corrected chi connectivity index (χ0v) is 12.1. The van der Waals surface area contributed by atoms with Gasteiger partial charge in [0.05, 0.1) is 18.8 Å². The topological polar surface area (TPSA) is 64.8 Å². The van der Waals surface area contributed by atoms with Crippen LogP contribution in [0.2, 0.25) is 0 Å². The largest absolute Gasteiger partial charge is 0.490 e. The number of fused-ring (bicyclic) bond motifs is 1. The molecule has 0 atom stereocenters. The molecule has 5 heteroatoms. The van der Waals surface area contributed by atoms with Gasteiger partial charge in [-0.15, -0.1) is 0 Å². The summed E-state index contributed by atoms with van der Waals surface area (Å²) in [6, 6.07) is 5.84. The Morgan fingerprint density at radius 1 is 1.50 bits per heavy atom. The second-order valence-corrected chi connectivity index (χ2v) is 5.35. The van der Waals surface area contributed by atoms with Crippen LogP contribution in [0.5, 0.6) is 5.75 Å². The first-order valence-corrected chi connectivity index (χ1v) is 6.96. The molecule has 1 aliphatic heterocycles. The summed E-state index contributed by atoms with van der Waals surface area (Å²) in [5.74, 6) is 0.938. The van der Waals surface area contributed by atoms with E-state index in [2.05, 4.69) is 0 Å². The van der Waals surface area contributed by atoms with Crippen LogP contribution in [0, 0.1) is 5.92 Å². The number of hydrogen-bond donors (Lipinski definition) is 1. The van der Waals surface area contributed by atoms with Gasteiger partial charge in [0.2, 0.25) is 0 Å². The normalized spacial score (nSPS) is 13.9. The van der Waals surface area contributed by atoms with Crippen LogP contribution in [0.25, 0.3) is 0 Å². The van der Waals surface area contributed by atoms with Crippen molar-refractivity contribution < 1.29 is 14.3 Å². The highest BCUT2D eigenvalue weighted by Gasteiger charge is 2.21. The minimum atomic E-state index is -0.200. The smallest absolute Gasteiger partial charge is 0.325 e. The third-order valence-electron chi connectivity index (χ3n) is 3.12. The maximum atomic E-state index is 11.8. The fourth-order valence-corrected chi connectivity index (χ4v) is 2.07. The Bertz CT molecular complexity index is 474. The molecule has 110 valence electrons. The molecule has 0 spiro atoms. The molecule has 1 heterocycles. The number of benzene rings is 1. The molecule has 2 rings (SSSR count). The molecule has 20 heavy (non-hydrogen) atoms. The summed E-state index contributed by atoms with van der Waals surface area (Å²) in [6.07, 6.45) is 0. The van der Waals surface area contributed by atoms with Crippen LogP contribution in [-0.4, -0.2) is 32.3 Å². The van der Waals surface area contributed by atoms with E-state index in [0.29, 0.717) is 32.2 Å². The minimum absolute atomic E-state index is 0.200. The molecular formula is C15H22N2O3. The predicted octanol–water partition coefficient (Wildman–Crippen LogP) is 1.54. The van der Waals surface area contributed by atoms with Crippen LogP contribution in [-0.2, 0) is 16.1 Å². The number of carbonyl (C=O) groups is 1. The van der Waals surface area contributed by atoms with Gasteiger partial charge in [-0.3, -0.25) is 4.79 Å². The van der Waals surface area contributed by atoms with Crippen molar-refractivity contribution in [3.8, 4) is 5.75 Å². The van der Waals surface area contributed by atoms with Gasteiger partial charge in [-0.1, -0.05) is 19.9 Å². The van der Waals surface area contributed by atoms with E-state index in [9.17, 15) is 4.79 Å². The van der Waals surface area contributed by atoms with E-state index >= 15 is 0 Å². The van der Waals surface area contributed by atoms with Crippen LogP contribution in [0.3, 0.4) is 0 Å². The lowest BCUT2D eigenvalue weighted by atomic mass is 10.1. The molecule has 1 aromatic carbocycles. The molecule has 0 aliphatic carbocycles. The fraction of sp³-hybridized carbons (Fsp3) is 0.533. The van der Waals surface area contributed by atoms with Gasteiger partial charge in [-0.25, -0.2) is 0 Å². The molecular weight excluding hydrogens is 256 g/mol. The molecule has 0 bridgehead atoms. The summed E-state index contributed by atoms with van der Waals surface area (Å²) in [7, 11) is 0. The summed E-state index contributed by atoms with van der Waals surface area (Å²) in [5, 5.41) is 0. The maximum absolute atomic E-state index is 11.8. The number of nitrogens with zero attached hydrogens (tertiary/aromatic N) is 1. The second-order valence-electron chi connectivity index (χ2n) is 5.35. The van der Waals surface area contributed by atoms with Crippen LogP contribution >= 0.6 is 0 Å². The molecule has 1 aromatic rings. The van der Waals surface area contributed by atoms with Crippen molar-refractivity contribution in [1.82, 2.24) is 0 Å².